The first-order chi connectivity index (χ1) is 10.2. The summed E-state index contributed by atoms with van der Waals surface area (Å²) in [6.45, 7) is 0.517. The Morgan fingerprint density at radius 1 is 1.14 bits per heavy atom. The molecule has 0 spiro atoms. The number of benzene rings is 1. The van der Waals surface area contributed by atoms with Gasteiger partial charge in [-0.3, -0.25) is 9.59 Å². The Hall–Kier alpha value is -2.56. The summed E-state index contributed by atoms with van der Waals surface area (Å²) in [4.78, 5) is 23.4. The summed E-state index contributed by atoms with van der Waals surface area (Å²) in [7, 11) is 1.79. The molecule has 0 aliphatic rings. The molecule has 0 atom stereocenters. The summed E-state index contributed by atoms with van der Waals surface area (Å²) >= 11 is 0. The van der Waals surface area contributed by atoms with Crippen molar-refractivity contribution in [3.8, 4) is 0 Å². The second kappa shape index (κ2) is 7.28. The van der Waals surface area contributed by atoms with Crippen LogP contribution in [0.2, 0.25) is 0 Å². The predicted octanol–water partition coefficient (Wildman–Crippen LogP) is 1.89. The van der Waals surface area contributed by atoms with Crippen LogP contribution in [0.4, 0.5) is 0 Å². The van der Waals surface area contributed by atoms with E-state index in [1.54, 1.807) is 29.9 Å². The number of aromatic nitrogens is 1. The lowest BCUT2D eigenvalue weighted by Crippen LogP contribution is -2.28. The Balaban J connectivity index is 1.68. The summed E-state index contributed by atoms with van der Waals surface area (Å²) in [6.07, 6.45) is 1.95. The molecule has 1 aromatic heterocycles. The molecule has 2 aromatic rings. The zero-order chi connectivity index (χ0) is 15.1. The third-order valence-corrected chi connectivity index (χ3v) is 3.03. The van der Waals surface area contributed by atoms with Gasteiger partial charge < -0.3 is 14.6 Å². The van der Waals surface area contributed by atoms with Gasteiger partial charge in [0.05, 0.1) is 6.42 Å². The first-order valence-corrected chi connectivity index (χ1v) is 6.76. The maximum Gasteiger partial charge on any atom is 0.307 e. The van der Waals surface area contributed by atoms with E-state index >= 15 is 0 Å². The van der Waals surface area contributed by atoms with Crippen LogP contribution >= 0.6 is 0 Å². The number of carbonyl (C=O) groups excluding carboxylic acids is 2. The van der Waals surface area contributed by atoms with Crippen molar-refractivity contribution in [2.45, 2.75) is 13.0 Å². The molecular formula is C16H18N2O3. The van der Waals surface area contributed by atoms with Crippen molar-refractivity contribution in [1.29, 1.82) is 0 Å². The Morgan fingerprint density at radius 3 is 2.57 bits per heavy atom. The van der Waals surface area contributed by atoms with Gasteiger partial charge in [0.2, 0.25) is 0 Å². The first-order valence-electron chi connectivity index (χ1n) is 6.76. The largest absolute Gasteiger partial charge is 0.461 e. The molecule has 1 amide bonds. The minimum Gasteiger partial charge on any atom is -0.461 e. The number of hydrogen-bond donors (Lipinski definition) is 1. The van der Waals surface area contributed by atoms with Crippen LogP contribution in [0.1, 0.15) is 22.5 Å². The molecule has 110 valence electrons. The summed E-state index contributed by atoms with van der Waals surface area (Å²) in [5, 5.41) is 2.69. The standard InChI is InChI=1S/C16H18N2O3/c1-18-11-5-8-14(18)16(20)17-10-9-15(19)21-12-13-6-3-2-4-7-13/h2-8,11H,9-10,12H2,1H3,(H,17,20). The minimum absolute atomic E-state index is 0.156. The van der Waals surface area contributed by atoms with Crippen LogP contribution in [0.15, 0.2) is 48.7 Å². The molecule has 0 saturated heterocycles. The average molecular weight is 286 g/mol. The molecule has 0 aliphatic heterocycles. The molecule has 1 heterocycles. The van der Waals surface area contributed by atoms with E-state index in [4.69, 9.17) is 4.74 Å². The molecule has 1 N–H and O–H groups in total. The van der Waals surface area contributed by atoms with Crippen LogP contribution in [-0.4, -0.2) is 23.0 Å². The molecule has 0 radical (unpaired) electrons. The second-order valence-corrected chi connectivity index (χ2v) is 4.66. The maximum atomic E-state index is 11.8. The number of aryl methyl sites for hydroxylation is 1. The molecule has 0 saturated carbocycles. The number of carbonyl (C=O) groups is 2. The number of nitrogens with zero attached hydrogens (tertiary/aromatic N) is 1. The number of esters is 1. The highest BCUT2D eigenvalue weighted by Crippen LogP contribution is 2.02. The fourth-order valence-electron chi connectivity index (χ4n) is 1.88. The van der Waals surface area contributed by atoms with Crippen molar-refractivity contribution < 1.29 is 14.3 Å². The summed E-state index contributed by atoms with van der Waals surface area (Å²) in [5.41, 5.74) is 1.51. The summed E-state index contributed by atoms with van der Waals surface area (Å²) < 4.78 is 6.85. The average Bonchev–Trinajstić information content (AvgIpc) is 2.92. The number of hydrogen-bond acceptors (Lipinski definition) is 3. The smallest absolute Gasteiger partial charge is 0.307 e. The van der Waals surface area contributed by atoms with Gasteiger partial charge in [0.15, 0.2) is 0 Å². The van der Waals surface area contributed by atoms with E-state index < -0.39 is 0 Å². The highest BCUT2D eigenvalue weighted by atomic mass is 16.5. The van der Waals surface area contributed by atoms with Gasteiger partial charge in [-0.15, -0.1) is 0 Å². The molecule has 2 rings (SSSR count). The lowest BCUT2D eigenvalue weighted by atomic mass is 10.2. The summed E-state index contributed by atoms with van der Waals surface area (Å²) in [5.74, 6) is -0.524. The van der Waals surface area contributed by atoms with Crippen LogP contribution in [0.25, 0.3) is 0 Å². The third kappa shape index (κ3) is 4.49. The van der Waals surface area contributed by atoms with E-state index in [9.17, 15) is 9.59 Å². The van der Waals surface area contributed by atoms with E-state index in [0.717, 1.165) is 5.56 Å². The topological polar surface area (TPSA) is 60.3 Å². The van der Waals surface area contributed by atoms with Crippen LogP contribution in [0, 0.1) is 0 Å². The van der Waals surface area contributed by atoms with Gasteiger partial charge in [0.25, 0.3) is 5.91 Å². The van der Waals surface area contributed by atoms with Gasteiger partial charge in [-0.05, 0) is 17.7 Å². The molecule has 0 fully saturated rings. The Bertz CT molecular complexity index is 605. The van der Waals surface area contributed by atoms with Gasteiger partial charge in [0.1, 0.15) is 12.3 Å². The number of nitrogens with one attached hydrogen (secondary N) is 1. The lowest BCUT2D eigenvalue weighted by Gasteiger charge is -2.07. The van der Waals surface area contributed by atoms with E-state index in [1.807, 2.05) is 30.3 Å². The van der Waals surface area contributed by atoms with Crippen molar-refractivity contribution >= 4 is 11.9 Å². The van der Waals surface area contributed by atoms with Gasteiger partial charge in [-0.2, -0.15) is 0 Å². The zero-order valence-corrected chi connectivity index (χ0v) is 11.9. The van der Waals surface area contributed by atoms with Crippen LogP contribution in [0.3, 0.4) is 0 Å². The van der Waals surface area contributed by atoms with Gasteiger partial charge >= 0.3 is 5.97 Å². The van der Waals surface area contributed by atoms with Crippen LogP contribution in [0.5, 0.6) is 0 Å². The van der Waals surface area contributed by atoms with Gasteiger partial charge in [0, 0.05) is 19.8 Å². The molecule has 0 unspecified atom stereocenters. The number of ether oxygens (including phenoxy) is 1. The van der Waals surface area contributed by atoms with Crippen LogP contribution in [-0.2, 0) is 23.2 Å². The van der Waals surface area contributed by atoms with Gasteiger partial charge in [-0.25, -0.2) is 0 Å². The van der Waals surface area contributed by atoms with E-state index in [2.05, 4.69) is 5.32 Å². The van der Waals surface area contributed by atoms with E-state index in [-0.39, 0.29) is 31.4 Å². The molecule has 0 aliphatic carbocycles. The zero-order valence-electron chi connectivity index (χ0n) is 11.9. The normalized spacial score (nSPS) is 10.1. The monoisotopic (exact) mass is 286 g/mol. The van der Waals surface area contributed by atoms with Crippen molar-refractivity contribution in [3.63, 3.8) is 0 Å². The number of rotatable bonds is 6. The Kier molecular flexibility index (Phi) is 5.15. The van der Waals surface area contributed by atoms with Gasteiger partial charge in [-0.1, -0.05) is 30.3 Å². The SMILES string of the molecule is Cn1cccc1C(=O)NCCC(=O)OCc1ccccc1. The van der Waals surface area contributed by atoms with E-state index in [1.165, 1.54) is 0 Å². The lowest BCUT2D eigenvalue weighted by molar-refractivity contribution is -0.144. The third-order valence-electron chi connectivity index (χ3n) is 3.03. The molecule has 0 bridgehead atoms. The quantitative estimate of drug-likeness (QED) is 0.825. The summed E-state index contributed by atoms with van der Waals surface area (Å²) in [6, 6.07) is 13.0. The molecular weight excluding hydrogens is 268 g/mol. The molecule has 5 nitrogen and oxygen atoms in total. The molecule has 1 aromatic carbocycles. The van der Waals surface area contributed by atoms with Crippen molar-refractivity contribution in [2.75, 3.05) is 6.54 Å². The van der Waals surface area contributed by atoms with Crippen LogP contribution < -0.4 is 5.32 Å². The van der Waals surface area contributed by atoms with Crippen molar-refractivity contribution in [2.24, 2.45) is 7.05 Å². The fourth-order valence-corrected chi connectivity index (χ4v) is 1.88. The molecule has 5 heteroatoms. The highest BCUT2D eigenvalue weighted by molar-refractivity contribution is 5.92. The molecule has 21 heavy (non-hydrogen) atoms. The second-order valence-electron chi connectivity index (χ2n) is 4.66. The van der Waals surface area contributed by atoms with Crippen molar-refractivity contribution in [1.82, 2.24) is 9.88 Å². The van der Waals surface area contributed by atoms with Crippen molar-refractivity contribution in [3.05, 3.63) is 59.9 Å². The Morgan fingerprint density at radius 2 is 1.90 bits per heavy atom. The minimum atomic E-state index is -0.328. The number of amides is 1. The predicted molar refractivity (Wildman–Crippen MR) is 78.6 cm³/mol. The maximum absolute atomic E-state index is 11.8. The fraction of sp³-hybridized carbons (Fsp3) is 0.250. The Labute approximate surface area is 123 Å². The highest BCUT2D eigenvalue weighted by Gasteiger charge is 2.09. The van der Waals surface area contributed by atoms with E-state index in [0.29, 0.717) is 5.69 Å². The first kappa shape index (κ1) is 14.8.